The van der Waals surface area contributed by atoms with Crippen LogP contribution in [-0.4, -0.2) is 37.5 Å². The molecule has 1 saturated heterocycles. The molecule has 3 amide bonds. The lowest BCUT2D eigenvalue weighted by molar-refractivity contribution is -0.124. The van der Waals surface area contributed by atoms with Gasteiger partial charge in [-0.3, -0.25) is 9.63 Å². The molecule has 21 heavy (non-hydrogen) atoms. The zero-order valence-corrected chi connectivity index (χ0v) is 13.2. The summed E-state index contributed by atoms with van der Waals surface area (Å²) in [5.41, 5.74) is 0.365. The fourth-order valence-corrected chi connectivity index (χ4v) is 1.98. The first-order valence-corrected chi connectivity index (χ1v) is 6.85. The molecule has 0 saturated carbocycles. The molecule has 0 aromatic heterocycles. The molecule has 0 spiro atoms. The van der Waals surface area contributed by atoms with E-state index in [1.54, 1.807) is 46.1 Å². The Morgan fingerprint density at radius 2 is 2.10 bits per heavy atom. The number of nitrogens with zero attached hydrogens (tertiary/aromatic N) is 2. The van der Waals surface area contributed by atoms with Crippen molar-refractivity contribution in [2.45, 2.75) is 13.8 Å². The van der Waals surface area contributed by atoms with Crippen LogP contribution in [-0.2, 0) is 9.63 Å². The third-order valence-electron chi connectivity index (χ3n) is 3.14. The van der Waals surface area contributed by atoms with Gasteiger partial charge in [-0.1, -0.05) is 11.6 Å². The number of carbonyl (C=O) groups excluding carboxylic acids is 2. The lowest BCUT2D eigenvalue weighted by atomic mass is 9.95. The average Bonchev–Trinajstić information content (AvgIpc) is 2.67. The highest BCUT2D eigenvalue weighted by Gasteiger charge is 2.41. The summed E-state index contributed by atoms with van der Waals surface area (Å²) < 4.78 is 0. The molecule has 7 heteroatoms. The second-order valence-electron chi connectivity index (χ2n) is 5.75. The van der Waals surface area contributed by atoms with Crippen molar-refractivity contribution in [2.75, 3.05) is 31.1 Å². The molecule has 0 radical (unpaired) electrons. The Balaban J connectivity index is 2.28. The number of amides is 3. The minimum absolute atomic E-state index is 0.166. The first-order chi connectivity index (χ1) is 9.72. The molecule has 0 aliphatic carbocycles. The van der Waals surface area contributed by atoms with Crippen molar-refractivity contribution in [2.24, 2.45) is 5.41 Å². The second kappa shape index (κ2) is 5.54. The van der Waals surface area contributed by atoms with Crippen molar-refractivity contribution in [1.29, 1.82) is 0 Å². The predicted octanol–water partition coefficient (Wildman–Crippen LogP) is 2.74. The Kier molecular flexibility index (Phi) is 4.11. The SMILES string of the molecule is CN(C)C(=O)Nc1ccc(Cl)c(N2OCC(C)(C)C2=O)c1. The molecule has 1 fully saturated rings. The summed E-state index contributed by atoms with van der Waals surface area (Å²) in [4.78, 5) is 30.8. The maximum Gasteiger partial charge on any atom is 0.321 e. The Labute approximate surface area is 128 Å². The van der Waals surface area contributed by atoms with E-state index in [1.165, 1.54) is 9.96 Å². The Hall–Kier alpha value is -1.79. The molecule has 1 N–H and O–H groups in total. The van der Waals surface area contributed by atoms with E-state index in [9.17, 15) is 9.59 Å². The molecular formula is C14H18ClN3O3. The van der Waals surface area contributed by atoms with E-state index in [-0.39, 0.29) is 18.5 Å². The normalized spacial score (nSPS) is 17.0. The molecule has 1 aromatic carbocycles. The Morgan fingerprint density at radius 1 is 1.43 bits per heavy atom. The van der Waals surface area contributed by atoms with E-state index >= 15 is 0 Å². The van der Waals surface area contributed by atoms with Crippen molar-refractivity contribution < 1.29 is 14.4 Å². The predicted molar refractivity (Wildman–Crippen MR) is 81.4 cm³/mol. The fourth-order valence-electron chi connectivity index (χ4n) is 1.78. The third-order valence-corrected chi connectivity index (χ3v) is 3.46. The van der Waals surface area contributed by atoms with Crippen LogP contribution in [0, 0.1) is 5.41 Å². The molecule has 1 aliphatic heterocycles. The number of rotatable bonds is 2. The van der Waals surface area contributed by atoms with E-state index in [0.29, 0.717) is 16.4 Å². The van der Waals surface area contributed by atoms with Gasteiger partial charge in [0.15, 0.2) is 0 Å². The number of anilines is 2. The standard InChI is InChI=1S/C14H18ClN3O3/c1-14(2)8-21-18(12(14)19)11-7-9(5-6-10(11)15)16-13(20)17(3)4/h5-7H,8H2,1-4H3,(H,16,20). The van der Waals surface area contributed by atoms with Crippen LogP contribution in [0.3, 0.4) is 0 Å². The molecule has 1 aliphatic rings. The van der Waals surface area contributed by atoms with Gasteiger partial charge in [-0.15, -0.1) is 0 Å². The van der Waals surface area contributed by atoms with Crippen molar-refractivity contribution >= 4 is 34.9 Å². The number of nitrogens with one attached hydrogen (secondary N) is 1. The Bertz CT molecular complexity index is 587. The van der Waals surface area contributed by atoms with E-state index in [4.69, 9.17) is 16.4 Å². The first-order valence-electron chi connectivity index (χ1n) is 6.48. The van der Waals surface area contributed by atoms with Crippen LogP contribution in [0.5, 0.6) is 0 Å². The highest BCUT2D eigenvalue weighted by atomic mass is 35.5. The number of hydrogen-bond acceptors (Lipinski definition) is 3. The molecular weight excluding hydrogens is 294 g/mol. The molecule has 2 rings (SSSR count). The summed E-state index contributed by atoms with van der Waals surface area (Å²) in [7, 11) is 3.28. The van der Waals surface area contributed by atoms with Crippen molar-refractivity contribution in [3.63, 3.8) is 0 Å². The van der Waals surface area contributed by atoms with Crippen LogP contribution in [0.25, 0.3) is 0 Å². The van der Waals surface area contributed by atoms with Crippen LogP contribution in [0.4, 0.5) is 16.2 Å². The molecule has 1 heterocycles. The van der Waals surface area contributed by atoms with Crippen LogP contribution >= 0.6 is 11.6 Å². The van der Waals surface area contributed by atoms with Gasteiger partial charge in [0.2, 0.25) is 0 Å². The van der Waals surface area contributed by atoms with Crippen LogP contribution in [0.15, 0.2) is 18.2 Å². The van der Waals surface area contributed by atoms with E-state index in [2.05, 4.69) is 5.32 Å². The third kappa shape index (κ3) is 3.11. The van der Waals surface area contributed by atoms with E-state index in [0.717, 1.165) is 0 Å². The summed E-state index contributed by atoms with van der Waals surface area (Å²) in [6, 6.07) is 4.63. The first kappa shape index (κ1) is 15.6. The molecule has 0 atom stereocenters. The second-order valence-corrected chi connectivity index (χ2v) is 6.15. The van der Waals surface area contributed by atoms with Gasteiger partial charge in [0.25, 0.3) is 5.91 Å². The monoisotopic (exact) mass is 311 g/mol. The summed E-state index contributed by atoms with van der Waals surface area (Å²) in [6.07, 6.45) is 0. The fraction of sp³-hybridized carbons (Fsp3) is 0.429. The molecule has 0 unspecified atom stereocenters. The maximum absolute atomic E-state index is 12.3. The van der Waals surface area contributed by atoms with E-state index in [1.807, 2.05) is 0 Å². The lowest BCUT2D eigenvalue weighted by Gasteiger charge is -2.19. The highest BCUT2D eigenvalue weighted by molar-refractivity contribution is 6.34. The van der Waals surface area contributed by atoms with Gasteiger partial charge in [-0.2, -0.15) is 5.06 Å². The molecule has 0 bridgehead atoms. The van der Waals surface area contributed by atoms with Crippen molar-refractivity contribution in [3.05, 3.63) is 23.2 Å². The Morgan fingerprint density at radius 3 is 2.62 bits per heavy atom. The largest absolute Gasteiger partial charge is 0.331 e. The summed E-state index contributed by atoms with van der Waals surface area (Å²) >= 11 is 6.14. The highest BCUT2D eigenvalue weighted by Crippen LogP contribution is 2.36. The number of halogens is 1. The smallest absolute Gasteiger partial charge is 0.321 e. The molecule has 114 valence electrons. The summed E-state index contributed by atoms with van der Waals surface area (Å²) in [6.45, 7) is 3.90. The minimum atomic E-state index is -0.591. The van der Waals surface area contributed by atoms with Gasteiger partial charge in [0, 0.05) is 19.8 Å². The summed E-state index contributed by atoms with van der Waals surface area (Å²) in [5.74, 6) is -0.166. The van der Waals surface area contributed by atoms with Gasteiger partial charge in [-0.25, -0.2) is 4.79 Å². The van der Waals surface area contributed by atoms with Gasteiger partial charge in [0.1, 0.15) is 0 Å². The van der Waals surface area contributed by atoms with E-state index < -0.39 is 5.41 Å². The van der Waals surface area contributed by atoms with Crippen LogP contribution < -0.4 is 10.4 Å². The maximum atomic E-state index is 12.3. The lowest BCUT2D eigenvalue weighted by Crippen LogP contribution is -2.31. The van der Waals surface area contributed by atoms with Crippen molar-refractivity contribution in [1.82, 2.24) is 4.90 Å². The average molecular weight is 312 g/mol. The van der Waals surface area contributed by atoms with Crippen LogP contribution in [0.2, 0.25) is 5.02 Å². The molecule has 1 aromatic rings. The number of benzene rings is 1. The van der Waals surface area contributed by atoms with Gasteiger partial charge in [-0.05, 0) is 32.0 Å². The topological polar surface area (TPSA) is 61.9 Å². The number of hydroxylamine groups is 1. The summed E-state index contributed by atoms with van der Waals surface area (Å²) in [5, 5.41) is 4.27. The van der Waals surface area contributed by atoms with Crippen LogP contribution in [0.1, 0.15) is 13.8 Å². The van der Waals surface area contributed by atoms with Crippen molar-refractivity contribution in [3.8, 4) is 0 Å². The number of carbonyl (C=O) groups is 2. The quantitative estimate of drug-likeness (QED) is 0.913. The zero-order valence-electron chi connectivity index (χ0n) is 12.4. The van der Waals surface area contributed by atoms with Gasteiger partial charge in [0.05, 0.1) is 22.7 Å². The number of hydrogen-bond donors (Lipinski definition) is 1. The molecule has 6 nitrogen and oxygen atoms in total. The minimum Gasteiger partial charge on any atom is -0.331 e. The zero-order chi connectivity index (χ0) is 15.8. The van der Waals surface area contributed by atoms with Gasteiger partial charge < -0.3 is 10.2 Å². The number of urea groups is 1. The van der Waals surface area contributed by atoms with Gasteiger partial charge >= 0.3 is 6.03 Å².